The molecule has 0 saturated carbocycles. The molecule has 1 amide bonds. The summed E-state index contributed by atoms with van der Waals surface area (Å²) < 4.78 is 4.68. The van der Waals surface area contributed by atoms with Crippen LogP contribution in [0.25, 0.3) is 0 Å². The number of hydrogen-bond donors (Lipinski definition) is 3. The first-order chi connectivity index (χ1) is 6.07. The van der Waals surface area contributed by atoms with E-state index in [0.29, 0.717) is 13.2 Å². The Kier molecular flexibility index (Phi) is 5.82. The lowest BCUT2D eigenvalue weighted by molar-refractivity contribution is -0.139. The van der Waals surface area contributed by atoms with Crippen molar-refractivity contribution in [2.24, 2.45) is 5.73 Å². The smallest absolute Gasteiger partial charge is 0.305 e. The van der Waals surface area contributed by atoms with Crippen LogP contribution >= 0.6 is 0 Å². The Morgan fingerprint density at radius 2 is 2.23 bits per heavy atom. The number of rotatable bonds is 6. The molecule has 0 aliphatic carbocycles. The third-order valence-electron chi connectivity index (χ3n) is 1.34. The second kappa shape index (κ2) is 6.38. The second-order valence-electron chi connectivity index (χ2n) is 2.49. The molecule has 0 aromatic rings. The molecule has 0 spiro atoms. The van der Waals surface area contributed by atoms with Gasteiger partial charge in [-0.05, 0) is 0 Å². The Morgan fingerprint density at radius 3 is 2.69 bits per heavy atom. The van der Waals surface area contributed by atoms with Crippen LogP contribution in [0.1, 0.15) is 6.42 Å². The fraction of sp³-hybridized carbons (Fsp3) is 0.714. The van der Waals surface area contributed by atoms with Crippen LogP contribution in [0.4, 0.5) is 0 Å². The number of nitrogens with one attached hydrogen (secondary N) is 1. The van der Waals surface area contributed by atoms with E-state index >= 15 is 0 Å². The Labute approximate surface area is 76.0 Å². The molecule has 0 aliphatic heterocycles. The number of nitrogens with two attached hydrogens (primary N) is 1. The van der Waals surface area contributed by atoms with Crippen molar-refractivity contribution in [2.75, 3.05) is 20.3 Å². The van der Waals surface area contributed by atoms with Crippen molar-refractivity contribution in [1.82, 2.24) is 5.32 Å². The predicted octanol–water partition coefficient (Wildman–Crippen LogP) is -1.45. The second-order valence-corrected chi connectivity index (χ2v) is 2.49. The van der Waals surface area contributed by atoms with Gasteiger partial charge in [-0.15, -0.1) is 0 Å². The van der Waals surface area contributed by atoms with Crippen LogP contribution in [-0.4, -0.2) is 43.3 Å². The molecule has 0 fully saturated rings. The number of hydrogen-bond acceptors (Lipinski definition) is 4. The molecule has 1 atom stereocenters. The highest BCUT2D eigenvalue weighted by atomic mass is 16.5. The molecular formula is C7H14N2O4. The van der Waals surface area contributed by atoms with Crippen LogP contribution in [0.3, 0.4) is 0 Å². The Balaban J connectivity index is 3.63. The molecule has 0 bridgehead atoms. The molecule has 0 rings (SSSR count). The summed E-state index contributed by atoms with van der Waals surface area (Å²) in [4.78, 5) is 21.2. The van der Waals surface area contributed by atoms with Crippen LogP contribution in [-0.2, 0) is 14.3 Å². The van der Waals surface area contributed by atoms with E-state index in [1.54, 1.807) is 0 Å². The number of ether oxygens (including phenoxy) is 1. The molecule has 4 N–H and O–H groups in total. The van der Waals surface area contributed by atoms with E-state index in [4.69, 9.17) is 10.8 Å². The Morgan fingerprint density at radius 1 is 1.62 bits per heavy atom. The number of carbonyl (C=O) groups is 2. The van der Waals surface area contributed by atoms with Crippen LogP contribution < -0.4 is 11.1 Å². The number of carboxylic acids is 1. The molecule has 6 nitrogen and oxygen atoms in total. The molecule has 0 aliphatic rings. The number of aliphatic carboxylic acids is 1. The van der Waals surface area contributed by atoms with Gasteiger partial charge in [0.25, 0.3) is 0 Å². The summed E-state index contributed by atoms with van der Waals surface area (Å²) in [6.45, 7) is 0.716. The van der Waals surface area contributed by atoms with Gasteiger partial charge in [0, 0.05) is 13.7 Å². The van der Waals surface area contributed by atoms with Crippen molar-refractivity contribution in [3.05, 3.63) is 0 Å². The van der Waals surface area contributed by atoms with Gasteiger partial charge in [0.2, 0.25) is 5.91 Å². The summed E-state index contributed by atoms with van der Waals surface area (Å²) in [6, 6.07) is -0.991. The maximum absolute atomic E-state index is 11.0. The SMILES string of the molecule is COCCNC(=O)C(N)CC(=O)O. The zero-order chi connectivity index (χ0) is 10.3. The number of carboxylic acid groups (broad SMARTS) is 1. The highest BCUT2D eigenvalue weighted by Gasteiger charge is 2.15. The van der Waals surface area contributed by atoms with Gasteiger partial charge >= 0.3 is 5.97 Å². The van der Waals surface area contributed by atoms with Gasteiger partial charge in [-0.3, -0.25) is 9.59 Å². The minimum absolute atomic E-state index is 0.336. The molecule has 0 aromatic heterocycles. The molecule has 0 saturated heterocycles. The van der Waals surface area contributed by atoms with Crippen molar-refractivity contribution in [3.63, 3.8) is 0 Å². The number of methoxy groups -OCH3 is 1. The fourth-order valence-electron chi connectivity index (χ4n) is 0.688. The normalized spacial score (nSPS) is 12.2. The van der Waals surface area contributed by atoms with E-state index in [-0.39, 0.29) is 6.42 Å². The van der Waals surface area contributed by atoms with Crippen LogP contribution in [0.15, 0.2) is 0 Å². The molecule has 0 heterocycles. The van der Waals surface area contributed by atoms with Crippen LogP contribution in [0.2, 0.25) is 0 Å². The predicted molar refractivity (Wildman–Crippen MR) is 45.1 cm³/mol. The molecule has 0 aromatic carbocycles. The Bertz CT molecular complexity index is 183. The summed E-state index contributed by atoms with van der Waals surface area (Å²) in [5.74, 6) is -1.56. The third kappa shape index (κ3) is 6.06. The van der Waals surface area contributed by atoms with E-state index in [1.165, 1.54) is 7.11 Å². The lowest BCUT2D eigenvalue weighted by atomic mass is 10.2. The van der Waals surface area contributed by atoms with E-state index in [0.717, 1.165) is 0 Å². The van der Waals surface area contributed by atoms with Crippen LogP contribution in [0.5, 0.6) is 0 Å². The van der Waals surface area contributed by atoms with E-state index in [9.17, 15) is 9.59 Å². The van der Waals surface area contributed by atoms with Gasteiger partial charge < -0.3 is 20.9 Å². The standard InChI is InChI=1S/C7H14N2O4/c1-13-3-2-9-7(12)5(8)4-6(10)11/h5H,2-4,8H2,1H3,(H,9,12)(H,10,11). The quantitative estimate of drug-likeness (QED) is 0.445. The largest absolute Gasteiger partial charge is 0.481 e. The first-order valence-electron chi connectivity index (χ1n) is 3.82. The van der Waals surface area contributed by atoms with E-state index in [2.05, 4.69) is 10.1 Å². The van der Waals surface area contributed by atoms with Gasteiger partial charge in [0.15, 0.2) is 0 Å². The Hall–Kier alpha value is -1.14. The summed E-state index contributed by atoms with van der Waals surface area (Å²) in [5, 5.41) is 10.8. The zero-order valence-corrected chi connectivity index (χ0v) is 7.45. The van der Waals surface area contributed by atoms with Crippen LogP contribution in [0, 0.1) is 0 Å². The lowest BCUT2D eigenvalue weighted by Crippen LogP contribution is -2.42. The van der Waals surface area contributed by atoms with Gasteiger partial charge in [0.05, 0.1) is 19.1 Å². The average Bonchev–Trinajstić information content (AvgIpc) is 2.03. The minimum atomic E-state index is -1.09. The first kappa shape index (κ1) is 11.9. The van der Waals surface area contributed by atoms with Crippen molar-refractivity contribution in [1.29, 1.82) is 0 Å². The maximum Gasteiger partial charge on any atom is 0.305 e. The third-order valence-corrected chi connectivity index (χ3v) is 1.34. The van der Waals surface area contributed by atoms with Crippen molar-refractivity contribution < 1.29 is 19.4 Å². The number of carbonyl (C=O) groups excluding carboxylic acids is 1. The monoisotopic (exact) mass is 190 g/mol. The summed E-state index contributed by atoms with van der Waals surface area (Å²) in [6.07, 6.45) is -0.362. The first-order valence-corrected chi connectivity index (χ1v) is 3.82. The molecule has 76 valence electrons. The molecule has 13 heavy (non-hydrogen) atoms. The average molecular weight is 190 g/mol. The van der Waals surface area contributed by atoms with Crippen molar-refractivity contribution in [3.8, 4) is 0 Å². The van der Waals surface area contributed by atoms with Crippen molar-refractivity contribution >= 4 is 11.9 Å². The highest BCUT2D eigenvalue weighted by Crippen LogP contribution is 1.87. The van der Waals surface area contributed by atoms with E-state index < -0.39 is 17.9 Å². The minimum Gasteiger partial charge on any atom is -0.481 e. The lowest BCUT2D eigenvalue weighted by Gasteiger charge is -2.09. The van der Waals surface area contributed by atoms with Gasteiger partial charge in [-0.25, -0.2) is 0 Å². The number of amides is 1. The van der Waals surface area contributed by atoms with Gasteiger partial charge in [-0.2, -0.15) is 0 Å². The summed E-state index contributed by atoms with van der Waals surface area (Å²) >= 11 is 0. The molecule has 1 unspecified atom stereocenters. The summed E-state index contributed by atoms with van der Waals surface area (Å²) in [5.41, 5.74) is 5.27. The highest BCUT2D eigenvalue weighted by molar-refractivity contribution is 5.85. The summed E-state index contributed by atoms with van der Waals surface area (Å²) in [7, 11) is 1.50. The fourth-order valence-corrected chi connectivity index (χ4v) is 0.688. The molecule has 6 heteroatoms. The molecule has 0 radical (unpaired) electrons. The van der Waals surface area contributed by atoms with E-state index in [1.807, 2.05) is 0 Å². The topological polar surface area (TPSA) is 102 Å². The maximum atomic E-state index is 11.0. The van der Waals surface area contributed by atoms with Gasteiger partial charge in [-0.1, -0.05) is 0 Å². The van der Waals surface area contributed by atoms with Gasteiger partial charge in [0.1, 0.15) is 0 Å². The van der Waals surface area contributed by atoms with Crippen molar-refractivity contribution in [2.45, 2.75) is 12.5 Å². The zero-order valence-electron chi connectivity index (χ0n) is 7.45. The molecular weight excluding hydrogens is 176 g/mol.